The molecule has 2 aromatic heterocycles. The molecular weight excluding hydrogens is 398 g/mol. The monoisotopic (exact) mass is 426 g/mol. The average molecular weight is 427 g/mol. The van der Waals surface area contributed by atoms with Crippen LogP contribution in [0.15, 0.2) is 24.3 Å². The number of fused-ring (bicyclic) bond motifs is 1. The van der Waals surface area contributed by atoms with Gasteiger partial charge in [0.25, 0.3) is 0 Å². The van der Waals surface area contributed by atoms with Crippen LogP contribution in [0.5, 0.6) is 0 Å². The van der Waals surface area contributed by atoms with Gasteiger partial charge in [0.15, 0.2) is 11.6 Å². The second kappa shape index (κ2) is 8.57. The van der Waals surface area contributed by atoms with Crippen LogP contribution in [0, 0.1) is 13.8 Å². The van der Waals surface area contributed by atoms with Gasteiger partial charge in [-0.15, -0.1) is 11.3 Å². The molecule has 1 aliphatic heterocycles. The number of aromatic nitrogens is 2. The molecule has 1 aliphatic rings. The van der Waals surface area contributed by atoms with E-state index in [1.54, 1.807) is 16.2 Å². The van der Waals surface area contributed by atoms with Crippen LogP contribution in [0.4, 0.5) is 16.6 Å². The quantitative estimate of drug-likeness (QED) is 0.611. The molecule has 1 saturated heterocycles. The van der Waals surface area contributed by atoms with E-state index in [1.165, 1.54) is 7.11 Å². The number of methoxy groups -OCH3 is 1. The molecule has 8 heteroatoms. The molecule has 0 bridgehead atoms. The van der Waals surface area contributed by atoms with Crippen molar-refractivity contribution in [1.82, 2.24) is 9.97 Å². The normalized spacial score (nSPS) is 14.9. The molecule has 4 rings (SSSR count). The summed E-state index contributed by atoms with van der Waals surface area (Å²) in [7, 11) is 1.41. The summed E-state index contributed by atoms with van der Waals surface area (Å²) in [6.07, 6.45) is 0. The molecule has 158 valence electrons. The predicted molar refractivity (Wildman–Crippen MR) is 121 cm³/mol. The molecule has 3 heterocycles. The van der Waals surface area contributed by atoms with Crippen LogP contribution in [0.1, 0.15) is 27.7 Å². The number of benzene rings is 1. The van der Waals surface area contributed by atoms with Crippen molar-refractivity contribution in [1.29, 1.82) is 0 Å². The highest BCUT2D eigenvalue weighted by Crippen LogP contribution is 2.37. The summed E-state index contributed by atoms with van der Waals surface area (Å²) in [6, 6.07) is 7.89. The van der Waals surface area contributed by atoms with E-state index in [2.05, 4.69) is 17.1 Å². The van der Waals surface area contributed by atoms with E-state index >= 15 is 0 Å². The minimum Gasteiger partial charge on any atom is -0.465 e. The van der Waals surface area contributed by atoms with Gasteiger partial charge < -0.3 is 19.9 Å². The zero-order valence-corrected chi connectivity index (χ0v) is 18.7. The Morgan fingerprint density at radius 1 is 1.20 bits per heavy atom. The van der Waals surface area contributed by atoms with Crippen molar-refractivity contribution in [2.75, 3.05) is 50.1 Å². The van der Waals surface area contributed by atoms with Gasteiger partial charge >= 0.3 is 5.97 Å². The molecule has 1 fully saturated rings. The molecule has 2 N–H and O–H groups in total. The Kier molecular flexibility index (Phi) is 5.87. The van der Waals surface area contributed by atoms with Gasteiger partial charge in [0, 0.05) is 4.88 Å². The predicted octanol–water partition coefficient (Wildman–Crippen LogP) is 2.56. The number of carbonyl (C=O) groups is 1. The third kappa shape index (κ3) is 3.85. The maximum absolute atomic E-state index is 12.4. The number of anilines is 3. The van der Waals surface area contributed by atoms with Gasteiger partial charge in [-0.3, -0.25) is 0 Å². The molecule has 0 atom stereocenters. The second-order valence-electron chi connectivity index (χ2n) is 7.58. The van der Waals surface area contributed by atoms with E-state index in [4.69, 9.17) is 14.7 Å². The standard InChI is InChI=1S/C22H27N5O2S/c1-5-26-10-12-27(13-11-26)20-19(23-16-8-6-7-9-17(16)24-20)25-21-18(22(28)29-4)14(2)15(3)30-21/h6-9H,5,10-13H2,1-4H3,(H,23,25)/p+1. The zero-order chi connectivity index (χ0) is 21.3. The minimum atomic E-state index is -0.338. The fraction of sp³-hybridized carbons (Fsp3) is 0.409. The number of thiophene rings is 1. The average Bonchev–Trinajstić information content (AvgIpc) is 3.05. The van der Waals surface area contributed by atoms with E-state index in [0.29, 0.717) is 11.4 Å². The number of nitrogens with one attached hydrogen (secondary N) is 2. The summed E-state index contributed by atoms with van der Waals surface area (Å²) in [5.74, 6) is 1.18. The Balaban J connectivity index is 1.77. The summed E-state index contributed by atoms with van der Waals surface area (Å²) in [5, 5.41) is 4.18. The van der Waals surface area contributed by atoms with Gasteiger partial charge in [0.05, 0.1) is 56.4 Å². The number of likely N-dealkylation sites (N-methyl/N-ethyl adjacent to an activating group) is 1. The first-order valence-electron chi connectivity index (χ1n) is 10.3. The van der Waals surface area contributed by atoms with Crippen molar-refractivity contribution in [3.63, 3.8) is 0 Å². The van der Waals surface area contributed by atoms with E-state index in [1.807, 2.05) is 38.1 Å². The largest absolute Gasteiger partial charge is 0.465 e. The van der Waals surface area contributed by atoms with E-state index in [-0.39, 0.29) is 5.97 Å². The number of hydrogen-bond acceptors (Lipinski definition) is 7. The Morgan fingerprint density at radius 3 is 2.50 bits per heavy atom. The Bertz CT molecular complexity index is 1070. The lowest BCUT2D eigenvalue weighted by molar-refractivity contribution is -0.898. The van der Waals surface area contributed by atoms with Crippen LogP contribution >= 0.6 is 11.3 Å². The number of piperazine rings is 1. The summed E-state index contributed by atoms with van der Waals surface area (Å²) < 4.78 is 5.03. The first kappa shape index (κ1) is 20.6. The number of ether oxygens (including phenoxy) is 1. The number of hydrogen-bond donors (Lipinski definition) is 2. The molecule has 3 aromatic rings. The zero-order valence-electron chi connectivity index (χ0n) is 17.9. The number of esters is 1. The van der Waals surface area contributed by atoms with Gasteiger partial charge in [-0.05, 0) is 38.5 Å². The smallest absolute Gasteiger partial charge is 0.341 e. The number of rotatable bonds is 5. The molecule has 0 aliphatic carbocycles. The van der Waals surface area contributed by atoms with Crippen LogP contribution in [-0.2, 0) is 4.74 Å². The molecule has 7 nitrogen and oxygen atoms in total. The number of para-hydroxylation sites is 2. The topological polar surface area (TPSA) is 71.8 Å². The van der Waals surface area contributed by atoms with Crippen molar-refractivity contribution in [2.24, 2.45) is 0 Å². The van der Waals surface area contributed by atoms with Gasteiger partial charge in [-0.25, -0.2) is 14.8 Å². The van der Waals surface area contributed by atoms with Gasteiger partial charge in [0.2, 0.25) is 0 Å². The Hall–Kier alpha value is -2.71. The summed E-state index contributed by atoms with van der Waals surface area (Å²) in [6.45, 7) is 11.3. The first-order chi connectivity index (χ1) is 14.5. The molecule has 0 unspecified atom stereocenters. The van der Waals surface area contributed by atoms with E-state index < -0.39 is 0 Å². The Labute approximate surface area is 180 Å². The van der Waals surface area contributed by atoms with Crippen LogP contribution in [0.25, 0.3) is 11.0 Å². The summed E-state index contributed by atoms with van der Waals surface area (Å²) in [5.41, 5.74) is 3.20. The lowest BCUT2D eigenvalue weighted by Gasteiger charge is -2.33. The number of nitrogens with zero attached hydrogens (tertiary/aromatic N) is 3. The van der Waals surface area contributed by atoms with Crippen LogP contribution < -0.4 is 15.1 Å². The summed E-state index contributed by atoms with van der Waals surface area (Å²) >= 11 is 1.54. The number of aryl methyl sites for hydroxylation is 1. The molecular formula is C22H28N5O2S+. The third-order valence-corrected chi connectivity index (χ3v) is 6.95. The van der Waals surface area contributed by atoms with E-state index in [0.717, 1.165) is 65.0 Å². The lowest BCUT2D eigenvalue weighted by Crippen LogP contribution is -3.14. The van der Waals surface area contributed by atoms with Crippen molar-refractivity contribution < 1.29 is 14.4 Å². The highest BCUT2D eigenvalue weighted by atomic mass is 32.1. The van der Waals surface area contributed by atoms with Crippen molar-refractivity contribution in [2.45, 2.75) is 20.8 Å². The molecule has 0 amide bonds. The minimum absolute atomic E-state index is 0.338. The maximum atomic E-state index is 12.4. The molecule has 0 saturated carbocycles. The summed E-state index contributed by atoms with van der Waals surface area (Å²) in [4.78, 5) is 27.2. The molecule has 0 radical (unpaired) electrons. The van der Waals surface area contributed by atoms with Crippen LogP contribution in [0.2, 0.25) is 0 Å². The van der Waals surface area contributed by atoms with Crippen molar-refractivity contribution >= 4 is 45.0 Å². The maximum Gasteiger partial charge on any atom is 0.341 e. The highest BCUT2D eigenvalue weighted by molar-refractivity contribution is 7.16. The van der Waals surface area contributed by atoms with Crippen LogP contribution in [-0.4, -0.2) is 55.8 Å². The van der Waals surface area contributed by atoms with Crippen molar-refractivity contribution in [3.8, 4) is 0 Å². The molecule has 0 spiro atoms. The number of carbonyl (C=O) groups excluding carboxylic acids is 1. The SMILES string of the molecule is CC[NH+]1CCN(c2nc3ccccc3nc2Nc2sc(C)c(C)c2C(=O)OC)CC1. The number of quaternary nitrogens is 1. The van der Waals surface area contributed by atoms with Gasteiger partial charge in [0.1, 0.15) is 5.00 Å². The molecule has 1 aromatic carbocycles. The fourth-order valence-corrected chi connectivity index (χ4v) is 4.90. The van der Waals surface area contributed by atoms with E-state index in [9.17, 15) is 4.79 Å². The third-order valence-electron chi connectivity index (χ3n) is 5.83. The second-order valence-corrected chi connectivity index (χ2v) is 8.80. The van der Waals surface area contributed by atoms with Gasteiger partial charge in [-0.2, -0.15) is 0 Å². The lowest BCUT2D eigenvalue weighted by atomic mass is 10.1. The first-order valence-corrected chi connectivity index (χ1v) is 11.1. The van der Waals surface area contributed by atoms with Crippen LogP contribution in [0.3, 0.4) is 0 Å². The Morgan fingerprint density at radius 2 is 1.87 bits per heavy atom. The van der Waals surface area contributed by atoms with Gasteiger partial charge in [-0.1, -0.05) is 12.1 Å². The molecule has 30 heavy (non-hydrogen) atoms. The highest BCUT2D eigenvalue weighted by Gasteiger charge is 2.26. The fourth-order valence-electron chi connectivity index (χ4n) is 3.85. The van der Waals surface area contributed by atoms with Crippen molar-refractivity contribution in [3.05, 3.63) is 40.3 Å².